The Bertz CT molecular complexity index is 1090. The zero-order valence-electron chi connectivity index (χ0n) is 13.5. The Morgan fingerprint density at radius 2 is 1.62 bits per heavy atom. The number of hydrogen-bond donors (Lipinski definition) is 0. The maximum Gasteiger partial charge on any atom is 0.337 e. The van der Waals surface area contributed by atoms with Gasteiger partial charge in [-0.2, -0.15) is 9.78 Å². The summed E-state index contributed by atoms with van der Waals surface area (Å²) < 4.78 is 7.25. The van der Waals surface area contributed by atoms with E-state index < -0.39 is 0 Å². The van der Waals surface area contributed by atoms with E-state index >= 15 is 0 Å². The Hall–Kier alpha value is -3.14. The molecule has 0 fully saturated rings. The highest BCUT2D eigenvalue weighted by Crippen LogP contribution is 2.31. The van der Waals surface area contributed by atoms with Crippen molar-refractivity contribution in [1.82, 2.24) is 9.78 Å². The molecule has 2 aromatic carbocycles. The van der Waals surface area contributed by atoms with E-state index in [9.17, 15) is 4.79 Å². The lowest BCUT2D eigenvalue weighted by Crippen LogP contribution is -2.02. The van der Waals surface area contributed by atoms with E-state index in [2.05, 4.69) is 0 Å². The van der Waals surface area contributed by atoms with Crippen LogP contribution in [0.3, 0.4) is 0 Å². The van der Waals surface area contributed by atoms with Gasteiger partial charge in [0.15, 0.2) is 0 Å². The van der Waals surface area contributed by atoms with Crippen molar-refractivity contribution >= 4 is 11.1 Å². The predicted molar refractivity (Wildman–Crippen MR) is 94.5 cm³/mol. The highest BCUT2D eigenvalue weighted by molar-refractivity contribution is 5.93. The molecule has 0 bridgehead atoms. The lowest BCUT2D eigenvalue weighted by molar-refractivity contribution is 0.534. The number of fused-ring (bicyclic) bond motifs is 1. The molecule has 0 atom stereocenters. The SMILES string of the molecule is Cc1ccccc1-n1nc(-c2ccccc2)c2c(C)cc(=O)oc21. The molecule has 0 spiro atoms. The van der Waals surface area contributed by atoms with Crippen molar-refractivity contribution in [2.45, 2.75) is 13.8 Å². The summed E-state index contributed by atoms with van der Waals surface area (Å²) in [5, 5.41) is 5.64. The van der Waals surface area contributed by atoms with Crippen LogP contribution < -0.4 is 5.63 Å². The average molecular weight is 316 g/mol. The zero-order valence-corrected chi connectivity index (χ0v) is 13.5. The third kappa shape index (κ3) is 2.24. The Labute approximate surface area is 139 Å². The van der Waals surface area contributed by atoms with Crippen molar-refractivity contribution in [3.8, 4) is 16.9 Å². The van der Waals surface area contributed by atoms with Crippen molar-refractivity contribution in [3.05, 3.63) is 82.2 Å². The van der Waals surface area contributed by atoms with Gasteiger partial charge in [0.2, 0.25) is 5.71 Å². The van der Waals surface area contributed by atoms with Crippen molar-refractivity contribution in [2.24, 2.45) is 0 Å². The number of aryl methyl sites for hydroxylation is 2. The van der Waals surface area contributed by atoms with Gasteiger partial charge in [0.1, 0.15) is 5.69 Å². The minimum Gasteiger partial charge on any atom is -0.403 e. The minimum atomic E-state index is -0.366. The molecule has 0 saturated heterocycles. The quantitative estimate of drug-likeness (QED) is 0.555. The summed E-state index contributed by atoms with van der Waals surface area (Å²) in [5.74, 6) is 0. The Balaban J connectivity index is 2.13. The minimum absolute atomic E-state index is 0.366. The predicted octanol–water partition coefficient (Wildman–Crippen LogP) is 4.26. The van der Waals surface area contributed by atoms with Crippen molar-refractivity contribution in [2.75, 3.05) is 0 Å². The van der Waals surface area contributed by atoms with Gasteiger partial charge < -0.3 is 4.42 Å². The van der Waals surface area contributed by atoms with E-state index in [0.29, 0.717) is 5.71 Å². The second kappa shape index (κ2) is 5.49. The monoisotopic (exact) mass is 316 g/mol. The highest BCUT2D eigenvalue weighted by Gasteiger charge is 2.19. The number of para-hydroxylation sites is 1. The van der Waals surface area contributed by atoms with Crippen LogP contribution in [0, 0.1) is 13.8 Å². The molecule has 4 nitrogen and oxygen atoms in total. The van der Waals surface area contributed by atoms with Crippen molar-refractivity contribution in [1.29, 1.82) is 0 Å². The van der Waals surface area contributed by atoms with Gasteiger partial charge in [0.05, 0.1) is 11.1 Å². The Kier molecular flexibility index (Phi) is 3.31. The van der Waals surface area contributed by atoms with Crippen LogP contribution in [-0.2, 0) is 0 Å². The topological polar surface area (TPSA) is 48.0 Å². The largest absolute Gasteiger partial charge is 0.403 e. The van der Waals surface area contributed by atoms with Crippen molar-refractivity contribution < 1.29 is 4.42 Å². The second-order valence-corrected chi connectivity index (χ2v) is 5.84. The third-order valence-corrected chi connectivity index (χ3v) is 4.16. The molecule has 0 N–H and O–H groups in total. The van der Waals surface area contributed by atoms with Crippen molar-refractivity contribution in [3.63, 3.8) is 0 Å². The van der Waals surface area contributed by atoms with Crippen LogP contribution in [0.15, 0.2) is 69.9 Å². The summed E-state index contributed by atoms with van der Waals surface area (Å²) in [4.78, 5) is 11.9. The molecule has 0 radical (unpaired) electrons. The van der Waals surface area contributed by atoms with Crippen LogP contribution >= 0.6 is 0 Å². The van der Waals surface area contributed by atoms with E-state index in [1.807, 2.05) is 68.4 Å². The molecular weight excluding hydrogens is 300 g/mol. The molecule has 4 heteroatoms. The number of rotatable bonds is 2. The van der Waals surface area contributed by atoms with Gasteiger partial charge in [-0.25, -0.2) is 4.79 Å². The Morgan fingerprint density at radius 1 is 0.917 bits per heavy atom. The average Bonchev–Trinajstić information content (AvgIpc) is 2.95. The molecule has 0 aliphatic heterocycles. The zero-order chi connectivity index (χ0) is 16.7. The van der Waals surface area contributed by atoms with Crippen LogP contribution in [0.5, 0.6) is 0 Å². The fraction of sp³-hybridized carbons (Fsp3) is 0.100. The summed E-state index contributed by atoms with van der Waals surface area (Å²) in [6, 6.07) is 19.4. The van der Waals surface area contributed by atoms with Gasteiger partial charge in [-0.15, -0.1) is 0 Å². The van der Waals surface area contributed by atoms with E-state index in [1.165, 1.54) is 6.07 Å². The Morgan fingerprint density at radius 3 is 2.38 bits per heavy atom. The smallest absolute Gasteiger partial charge is 0.337 e. The molecule has 2 aromatic heterocycles. The van der Waals surface area contributed by atoms with Gasteiger partial charge in [-0.3, -0.25) is 0 Å². The molecule has 0 aliphatic rings. The maximum absolute atomic E-state index is 11.9. The first-order chi connectivity index (χ1) is 11.6. The molecule has 0 aliphatic carbocycles. The summed E-state index contributed by atoms with van der Waals surface area (Å²) in [5.41, 5.74) is 4.74. The number of aromatic nitrogens is 2. The number of hydrogen-bond acceptors (Lipinski definition) is 3. The molecule has 4 aromatic rings. The van der Waals surface area contributed by atoms with Crippen LogP contribution in [0.4, 0.5) is 0 Å². The molecule has 0 saturated carbocycles. The summed E-state index contributed by atoms with van der Waals surface area (Å²) in [7, 11) is 0. The highest BCUT2D eigenvalue weighted by atomic mass is 16.4. The molecule has 0 unspecified atom stereocenters. The molecule has 24 heavy (non-hydrogen) atoms. The van der Waals surface area contributed by atoms with E-state index in [1.54, 1.807) is 4.68 Å². The lowest BCUT2D eigenvalue weighted by Gasteiger charge is -2.05. The summed E-state index contributed by atoms with van der Waals surface area (Å²) >= 11 is 0. The van der Waals surface area contributed by atoms with E-state index in [-0.39, 0.29) is 5.63 Å². The van der Waals surface area contributed by atoms with Gasteiger partial charge in [-0.1, -0.05) is 48.5 Å². The third-order valence-electron chi connectivity index (χ3n) is 4.16. The first-order valence-corrected chi connectivity index (χ1v) is 7.80. The molecule has 0 amide bonds. The fourth-order valence-corrected chi connectivity index (χ4v) is 2.99. The van der Waals surface area contributed by atoms with E-state index in [4.69, 9.17) is 9.52 Å². The lowest BCUT2D eigenvalue weighted by atomic mass is 10.1. The van der Waals surface area contributed by atoms with Gasteiger partial charge in [-0.05, 0) is 31.0 Å². The maximum atomic E-state index is 11.9. The second-order valence-electron chi connectivity index (χ2n) is 5.84. The van der Waals surface area contributed by atoms with Gasteiger partial charge >= 0.3 is 5.63 Å². The molecule has 4 rings (SSSR count). The normalized spacial score (nSPS) is 11.1. The standard InChI is InChI=1S/C20H16N2O2/c1-13-8-6-7-11-16(13)22-20-18(14(2)12-17(23)24-20)19(21-22)15-9-4-3-5-10-15/h3-12H,1-2H3. The molecular formula is C20H16N2O2. The molecule has 118 valence electrons. The summed E-state index contributed by atoms with van der Waals surface area (Å²) in [6.07, 6.45) is 0. The molecule has 2 heterocycles. The first kappa shape index (κ1) is 14.5. The number of benzene rings is 2. The fourth-order valence-electron chi connectivity index (χ4n) is 2.99. The summed E-state index contributed by atoms with van der Waals surface area (Å²) in [6.45, 7) is 3.93. The van der Waals surface area contributed by atoms with E-state index in [0.717, 1.165) is 33.5 Å². The van der Waals surface area contributed by atoms with Crippen LogP contribution in [0.25, 0.3) is 28.0 Å². The van der Waals surface area contributed by atoms with Crippen LogP contribution in [0.2, 0.25) is 0 Å². The van der Waals surface area contributed by atoms with Gasteiger partial charge in [0, 0.05) is 11.6 Å². The van der Waals surface area contributed by atoms with Crippen LogP contribution in [0.1, 0.15) is 11.1 Å². The van der Waals surface area contributed by atoms with Crippen LogP contribution in [-0.4, -0.2) is 9.78 Å². The first-order valence-electron chi connectivity index (χ1n) is 7.80. The number of nitrogens with zero attached hydrogens (tertiary/aromatic N) is 2. The van der Waals surface area contributed by atoms with Gasteiger partial charge in [0.25, 0.3) is 0 Å².